The fourth-order valence-electron chi connectivity index (χ4n) is 3.04. The van der Waals surface area contributed by atoms with Gasteiger partial charge in [0.1, 0.15) is 0 Å². The maximum atomic E-state index is 4.51. The second-order valence-corrected chi connectivity index (χ2v) is 6.48. The summed E-state index contributed by atoms with van der Waals surface area (Å²) < 4.78 is 0. The van der Waals surface area contributed by atoms with E-state index in [-0.39, 0.29) is 0 Å². The minimum atomic E-state index is 1.03. The average molecular weight is 348 g/mol. The van der Waals surface area contributed by atoms with Gasteiger partial charge in [-0.25, -0.2) is 0 Å². The van der Waals surface area contributed by atoms with E-state index in [1.54, 1.807) is 0 Å². The van der Waals surface area contributed by atoms with Gasteiger partial charge in [0.2, 0.25) is 0 Å². The van der Waals surface area contributed by atoms with Crippen molar-refractivity contribution in [1.82, 2.24) is 9.97 Å². The lowest BCUT2D eigenvalue weighted by atomic mass is 10.1. The van der Waals surface area contributed by atoms with Crippen molar-refractivity contribution in [2.75, 3.05) is 0 Å². The van der Waals surface area contributed by atoms with E-state index >= 15 is 0 Å². The largest absolute Gasteiger partial charge is 0.256 e. The van der Waals surface area contributed by atoms with Crippen LogP contribution in [0.4, 0.5) is 0 Å². The van der Waals surface area contributed by atoms with Gasteiger partial charge in [0.25, 0.3) is 0 Å². The Labute approximate surface area is 159 Å². The zero-order valence-electron chi connectivity index (χ0n) is 15.2. The zero-order chi connectivity index (χ0) is 18.5. The van der Waals surface area contributed by atoms with Gasteiger partial charge in [-0.3, -0.25) is 9.97 Å². The maximum Gasteiger partial charge on any atom is 0.0708 e. The second kappa shape index (κ2) is 7.79. The molecule has 0 spiro atoms. The summed E-state index contributed by atoms with van der Waals surface area (Å²) in [6, 6.07) is 30.9. The summed E-state index contributed by atoms with van der Waals surface area (Å²) in [4.78, 5) is 8.69. The predicted octanol–water partition coefficient (Wildman–Crippen LogP) is 6.45. The molecule has 130 valence electrons. The molecule has 2 aromatic heterocycles. The minimum absolute atomic E-state index is 1.03. The molecule has 0 atom stereocenters. The predicted molar refractivity (Wildman–Crippen MR) is 114 cm³/mol. The Bertz CT molecular complexity index is 1120. The number of nitrogens with zero attached hydrogens (tertiary/aromatic N) is 2. The molecule has 0 aliphatic heterocycles. The first-order valence-corrected chi connectivity index (χ1v) is 9.01. The topological polar surface area (TPSA) is 25.8 Å². The van der Waals surface area contributed by atoms with Crippen LogP contribution in [0, 0.1) is 6.92 Å². The van der Waals surface area contributed by atoms with Crippen molar-refractivity contribution in [1.29, 1.82) is 0 Å². The van der Waals surface area contributed by atoms with Gasteiger partial charge in [-0.2, -0.15) is 0 Å². The van der Waals surface area contributed by atoms with Crippen molar-refractivity contribution in [3.05, 3.63) is 109 Å². The molecule has 0 bridgehead atoms. The van der Waals surface area contributed by atoms with E-state index in [0.717, 1.165) is 16.8 Å². The summed E-state index contributed by atoms with van der Waals surface area (Å²) in [5.74, 6) is 0. The summed E-state index contributed by atoms with van der Waals surface area (Å²) in [6.07, 6.45) is 3.75. The molecule has 5 rings (SSSR count). The third-order valence-corrected chi connectivity index (χ3v) is 4.46. The quantitative estimate of drug-likeness (QED) is 0.348. The highest BCUT2D eigenvalue weighted by Gasteiger charge is 2.00. The highest BCUT2D eigenvalue weighted by atomic mass is 14.7. The molecule has 3 aromatic carbocycles. The summed E-state index contributed by atoms with van der Waals surface area (Å²) in [6.45, 7) is 2.11. The van der Waals surface area contributed by atoms with Crippen LogP contribution < -0.4 is 0 Å². The fourth-order valence-corrected chi connectivity index (χ4v) is 3.04. The summed E-state index contributed by atoms with van der Waals surface area (Å²) >= 11 is 0. The van der Waals surface area contributed by atoms with Gasteiger partial charge >= 0.3 is 0 Å². The molecule has 5 aromatic rings. The van der Waals surface area contributed by atoms with Crippen molar-refractivity contribution < 1.29 is 0 Å². The first kappa shape index (κ1) is 16.9. The van der Waals surface area contributed by atoms with Crippen LogP contribution in [0.2, 0.25) is 0 Å². The highest BCUT2D eigenvalue weighted by molar-refractivity contribution is 5.85. The number of hydrogen-bond acceptors (Lipinski definition) is 2. The van der Waals surface area contributed by atoms with Crippen molar-refractivity contribution in [3.63, 3.8) is 0 Å². The number of rotatable bonds is 1. The lowest BCUT2D eigenvalue weighted by Crippen LogP contribution is -1.84. The molecule has 0 unspecified atom stereocenters. The Hall–Kier alpha value is -3.52. The van der Waals surface area contributed by atoms with E-state index in [1.165, 1.54) is 21.7 Å². The Kier molecular flexibility index (Phi) is 4.88. The van der Waals surface area contributed by atoms with Crippen LogP contribution >= 0.6 is 0 Å². The van der Waals surface area contributed by atoms with E-state index in [9.17, 15) is 0 Å². The third-order valence-electron chi connectivity index (χ3n) is 4.46. The fraction of sp³-hybridized carbons (Fsp3) is 0.0400. The molecule has 0 fully saturated rings. The van der Waals surface area contributed by atoms with Gasteiger partial charge in [-0.15, -0.1) is 0 Å². The number of para-hydroxylation sites is 1. The SMILES string of the molecule is Cc1ccc2cnc(-c3ccccc3)cc2c1.c1ccc2ncccc2c1. The molecule has 27 heavy (non-hydrogen) atoms. The van der Waals surface area contributed by atoms with E-state index in [0.29, 0.717) is 0 Å². The van der Waals surface area contributed by atoms with Gasteiger partial charge < -0.3 is 0 Å². The van der Waals surface area contributed by atoms with E-state index in [2.05, 4.69) is 65.4 Å². The van der Waals surface area contributed by atoms with Crippen LogP contribution in [0.3, 0.4) is 0 Å². The molecular weight excluding hydrogens is 328 g/mol. The van der Waals surface area contributed by atoms with Gasteiger partial charge in [-0.1, -0.05) is 78.4 Å². The molecule has 2 nitrogen and oxygen atoms in total. The van der Waals surface area contributed by atoms with E-state index < -0.39 is 0 Å². The van der Waals surface area contributed by atoms with Gasteiger partial charge in [0, 0.05) is 28.7 Å². The average Bonchev–Trinajstić information content (AvgIpc) is 2.74. The molecule has 0 saturated carbocycles. The van der Waals surface area contributed by atoms with E-state index in [4.69, 9.17) is 0 Å². The van der Waals surface area contributed by atoms with Crippen LogP contribution in [0.15, 0.2) is 103 Å². The number of aryl methyl sites for hydroxylation is 1. The van der Waals surface area contributed by atoms with Crippen LogP contribution in [0.1, 0.15) is 5.56 Å². The van der Waals surface area contributed by atoms with E-state index in [1.807, 2.05) is 54.9 Å². The Morgan fingerprint density at radius 2 is 1.37 bits per heavy atom. The van der Waals surface area contributed by atoms with Crippen LogP contribution in [-0.2, 0) is 0 Å². The number of pyridine rings is 2. The summed E-state index contributed by atoms with van der Waals surface area (Å²) in [5, 5.41) is 3.64. The number of aromatic nitrogens is 2. The normalized spacial score (nSPS) is 10.4. The lowest BCUT2D eigenvalue weighted by molar-refractivity contribution is 1.35. The molecule has 2 heterocycles. The first-order valence-electron chi connectivity index (χ1n) is 9.01. The van der Waals surface area contributed by atoms with Crippen LogP contribution in [0.25, 0.3) is 32.9 Å². The number of hydrogen-bond donors (Lipinski definition) is 0. The maximum absolute atomic E-state index is 4.51. The molecule has 0 amide bonds. The lowest BCUT2D eigenvalue weighted by Gasteiger charge is -2.03. The van der Waals surface area contributed by atoms with Gasteiger partial charge in [0.05, 0.1) is 11.2 Å². The Morgan fingerprint density at radius 1 is 0.593 bits per heavy atom. The molecular formula is C25H20N2. The van der Waals surface area contributed by atoms with Crippen molar-refractivity contribution in [2.45, 2.75) is 6.92 Å². The smallest absolute Gasteiger partial charge is 0.0708 e. The molecule has 2 heteroatoms. The molecule has 0 aliphatic rings. The Morgan fingerprint density at radius 3 is 2.22 bits per heavy atom. The second-order valence-electron chi connectivity index (χ2n) is 6.48. The van der Waals surface area contributed by atoms with Crippen molar-refractivity contribution >= 4 is 21.7 Å². The van der Waals surface area contributed by atoms with Crippen LogP contribution in [0.5, 0.6) is 0 Å². The monoisotopic (exact) mass is 348 g/mol. The van der Waals surface area contributed by atoms with Crippen LogP contribution in [-0.4, -0.2) is 9.97 Å². The molecule has 0 N–H and O–H groups in total. The molecule has 0 saturated heterocycles. The summed E-state index contributed by atoms with van der Waals surface area (Å²) in [5.41, 5.74) is 4.53. The molecule has 0 aliphatic carbocycles. The van der Waals surface area contributed by atoms with Crippen molar-refractivity contribution in [3.8, 4) is 11.3 Å². The van der Waals surface area contributed by atoms with Gasteiger partial charge in [0.15, 0.2) is 0 Å². The third kappa shape index (κ3) is 4.01. The number of fused-ring (bicyclic) bond motifs is 2. The highest BCUT2D eigenvalue weighted by Crippen LogP contribution is 2.22. The summed E-state index contributed by atoms with van der Waals surface area (Å²) in [7, 11) is 0. The number of benzene rings is 3. The van der Waals surface area contributed by atoms with Gasteiger partial charge in [-0.05, 0) is 30.5 Å². The minimum Gasteiger partial charge on any atom is -0.256 e. The standard InChI is InChI=1S/C16H13N.C9H7N/c1-12-7-8-14-11-17-16(10-15(14)9-12)13-5-3-2-4-6-13;1-2-6-9-8(4-1)5-3-7-10-9/h2-11H,1H3;1-7H. The first-order chi connectivity index (χ1) is 13.3. The Balaban J connectivity index is 0.000000153. The van der Waals surface area contributed by atoms with Crippen molar-refractivity contribution in [2.24, 2.45) is 0 Å². The zero-order valence-corrected chi connectivity index (χ0v) is 15.2. The molecule has 0 radical (unpaired) electrons.